The fourth-order valence-electron chi connectivity index (χ4n) is 1.84. The fourth-order valence-corrected chi connectivity index (χ4v) is 3.66. The maximum absolute atomic E-state index is 12.4. The first kappa shape index (κ1) is 25.3. The zero-order valence-corrected chi connectivity index (χ0v) is 17.1. The quantitative estimate of drug-likeness (QED) is 0.323. The predicted molar refractivity (Wildman–Crippen MR) is 106 cm³/mol. The maximum Gasteiger partial charge on any atom is 0.490 e. The van der Waals surface area contributed by atoms with E-state index in [-0.39, 0.29) is 20.9 Å². The normalized spacial score (nSPS) is 11.1. The number of halogens is 5. The topological polar surface area (TPSA) is 145 Å². The van der Waals surface area contributed by atoms with Crippen molar-refractivity contribution >= 4 is 50.8 Å². The van der Waals surface area contributed by atoms with Crippen molar-refractivity contribution in [3.63, 3.8) is 0 Å². The molecule has 0 heterocycles. The molecule has 0 amide bonds. The number of benzene rings is 2. The maximum atomic E-state index is 12.4. The van der Waals surface area contributed by atoms with E-state index in [2.05, 4.69) is 10.0 Å². The second-order valence-electron chi connectivity index (χ2n) is 5.43. The summed E-state index contributed by atoms with van der Waals surface area (Å²) in [5.74, 6) is -2.92. The Morgan fingerprint density at radius 1 is 1.17 bits per heavy atom. The first-order valence-corrected chi connectivity index (χ1v) is 9.91. The molecule has 30 heavy (non-hydrogen) atoms. The highest BCUT2D eigenvalue weighted by molar-refractivity contribution is 7.92. The Morgan fingerprint density at radius 2 is 1.73 bits per heavy atom. The van der Waals surface area contributed by atoms with Gasteiger partial charge in [-0.25, -0.2) is 13.2 Å². The molecule has 164 valence electrons. The van der Waals surface area contributed by atoms with Gasteiger partial charge in [-0.05, 0) is 29.8 Å². The number of nitrogens with one attached hydrogen (secondary N) is 3. The predicted octanol–water partition coefficient (Wildman–Crippen LogP) is 3.41. The van der Waals surface area contributed by atoms with E-state index in [4.69, 9.17) is 44.2 Å². The number of carboxylic acid groups (broad SMARTS) is 1. The minimum Gasteiger partial charge on any atom is -0.475 e. The van der Waals surface area contributed by atoms with Crippen LogP contribution in [-0.2, 0) is 21.4 Å². The highest BCUT2D eigenvalue weighted by Crippen LogP contribution is 2.30. The molecule has 6 N–H and O–H groups in total. The van der Waals surface area contributed by atoms with Gasteiger partial charge in [0.1, 0.15) is 4.90 Å². The lowest BCUT2D eigenvalue weighted by Crippen LogP contribution is -2.29. The Bertz CT molecular complexity index is 1030. The van der Waals surface area contributed by atoms with Crippen LogP contribution in [0.15, 0.2) is 47.4 Å². The monoisotopic (exact) mass is 486 g/mol. The molecule has 0 atom stereocenters. The zero-order chi connectivity index (χ0) is 23.1. The van der Waals surface area contributed by atoms with Gasteiger partial charge in [0.05, 0.1) is 10.0 Å². The van der Waals surface area contributed by atoms with Crippen molar-refractivity contribution in [2.45, 2.75) is 17.6 Å². The number of nitrogens with two attached hydrogens (primary N) is 1. The van der Waals surface area contributed by atoms with Crippen LogP contribution < -0.4 is 15.8 Å². The Labute approximate surface area is 179 Å². The third kappa shape index (κ3) is 7.97. The van der Waals surface area contributed by atoms with Gasteiger partial charge < -0.3 is 16.2 Å². The van der Waals surface area contributed by atoms with E-state index in [9.17, 15) is 21.6 Å². The third-order valence-corrected chi connectivity index (χ3v) is 5.46. The average Bonchev–Trinajstić information content (AvgIpc) is 2.62. The summed E-state index contributed by atoms with van der Waals surface area (Å²) in [5.41, 5.74) is 6.35. The van der Waals surface area contributed by atoms with E-state index in [1.165, 1.54) is 18.2 Å². The number of alkyl halides is 3. The molecule has 0 fully saturated rings. The minimum absolute atomic E-state index is 0.0314. The Kier molecular flexibility index (Phi) is 8.75. The summed E-state index contributed by atoms with van der Waals surface area (Å²) >= 11 is 11.8. The molecule has 2 rings (SSSR count). The van der Waals surface area contributed by atoms with Crippen LogP contribution in [0.25, 0.3) is 0 Å². The van der Waals surface area contributed by atoms with Gasteiger partial charge in [0, 0.05) is 12.2 Å². The highest BCUT2D eigenvalue weighted by Gasteiger charge is 2.38. The zero-order valence-electron chi connectivity index (χ0n) is 14.8. The van der Waals surface area contributed by atoms with E-state index in [0.717, 1.165) is 5.56 Å². The number of carboxylic acids is 1. The molecule has 0 aromatic heterocycles. The molecule has 0 bridgehead atoms. The summed E-state index contributed by atoms with van der Waals surface area (Å²) in [7, 11) is -3.87. The van der Waals surface area contributed by atoms with Crippen LogP contribution in [0.2, 0.25) is 10.0 Å². The van der Waals surface area contributed by atoms with E-state index >= 15 is 0 Å². The Hall–Kier alpha value is -2.70. The minimum atomic E-state index is -5.08. The number of rotatable bonds is 5. The molecule has 0 aliphatic rings. The lowest BCUT2D eigenvalue weighted by Gasteiger charge is -2.11. The van der Waals surface area contributed by atoms with Gasteiger partial charge in [-0.2, -0.15) is 13.2 Å². The van der Waals surface area contributed by atoms with Crippen molar-refractivity contribution in [2.75, 3.05) is 4.72 Å². The highest BCUT2D eigenvalue weighted by atomic mass is 35.5. The molecule has 2 aromatic rings. The van der Waals surface area contributed by atoms with Crippen molar-refractivity contribution < 1.29 is 31.5 Å². The summed E-state index contributed by atoms with van der Waals surface area (Å²) in [6.07, 6.45) is -5.08. The van der Waals surface area contributed by atoms with Gasteiger partial charge in [-0.3, -0.25) is 10.1 Å². The summed E-state index contributed by atoms with van der Waals surface area (Å²) in [5, 5.41) is 17.0. The van der Waals surface area contributed by atoms with E-state index in [0.29, 0.717) is 12.2 Å². The molecule has 0 saturated carbocycles. The number of sulfonamides is 1. The van der Waals surface area contributed by atoms with Crippen LogP contribution in [0.1, 0.15) is 5.56 Å². The van der Waals surface area contributed by atoms with Crippen molar-refractivity contribution in [1.82, 2.24) is 5.32 Å². The fraction of sp³-hybridized carbons (Fsp3) is 0.125. The smallest absolute Gasteiger partial charge is 0.475 e. The number of aliphatic carboxylic acids is 1. The van der Waals surface area contributed by atoms with Gasteiger partial charge >= 0.3 is 12.1 Å². The number of hydrogen-bond donors (Lipinski definition) is 5. The van der Waals surface area contributed by atoms with Gasteiger partial charge in [-0.15, -0.1) is 0 Å². The molecular weight excluding hydrogens is 472 g/mol. The summed E-state index contributed by atoms with van der Waals surface area (Å²) in [6, 6.07) is 11.1. The van der Waals surface area contributed by atoms with E-state index in [1.807, 2.05) is 0 Å². The number of hydrogen-bond acceptors (Lipinski definition) is 4. The van der Waals surface area contributed by atoms with Crippen molar-refractivity contribution in [3.8, 4) is 0 Å². The van der Waals surface area contributed by atoms with Crippen molar-refractivity contribution in [1.29, 1.82) is 5.41 Å². The molecule has 8 nitrogen and oxygen atoms in total. The molecule has 14 heteroatoms. The van der Waals surface area contributed by atoms with Gasteiger partial charge in [0.25, 0.3) is 10.0 Å². The SMILES string of the molecule is N=C(N)NCc1cccc(NS(=O)(=O)c2cccc(Cl)c2Cl)c1.O=C(O)C(F)(F)F. The van der Waals surface area contributed by atoms with Crippen LogP contribution in [0, 0.1) is 5.41 Å². The summed E-state index contributed by atoms with van der Waals surface area (Å²) < 4.78 is 59.0. The van der Waals surface area contributed by atoms with Gasteiger partial charge in [0.15, 0.2) is 5.96 Å². The standard InChI is InChI=1S/C14H14Cl2N4O2S.C2HF3O2/c15-11-5-2-6-12(13(11)16)23(21,22)20-10-4-1-3-9(7-10)8-19-14(17)18;3-2(4,5)1(6)7/h1-7,20H,8H2,(H4,17,18,19);(H,6,7). The molecule has 0 unspecified atom stereocenters. The Balaban J connectivity index is 0.000000553. The first-order chi connectivity index (χ1) is 13.7. The molecular formula is C16H15Cl2F3N4O4S. The van der Waals surface area contributed by atoms with Gasteiger partial charge in [0.2, 0.25) is 0 Å². The van der Waals surface area contributed by atoms with E-state index in [1.54, 1.807) is 24.3 Å². The molecule has 0 spiro atoms. The van der Waals surface area contributed by atoms with Crippen molar-refractivity contribution in [2.24, 2.45) is 5.73 Å². The molecule has 0 aliphatic heterocycles. The van der Waals surface area contributed by atoms with Gasteiger partial charge in [-0.1, -0.05) is 41.4 Å². The van der Waals surface area contributed by atoms with Crippen LogP contribution in [0.5, 0.6) is 0 Å². The second kappa shape index (κ2) is 10.4. The number of carbonyl (C=O) groups is 1. The van der Waals surface area contributed by atoms with Crippen LogP contribution >= 0.6 is 23.2 Å². The average molecular weight is 487 g/mol. The largest absolute Gasteiger partial charge is 0.490 e. The third-order valence-electron chi connectivity index (χ3n) is 3.11. The Morgan fingerprint density at radius 3 is 2.27 bits per heavy atom. The van der Waals surface area contributed by atoms with Crippen LogP contribution in [-0.4, -0.2) is 31.6 Å². The van der Waals surface area contributed by atoms with Crippen molar-refractivity contribution in [3.05, 3.63) is 58.1 Å². The molecule has 0 aliphatic carbocycles. The second-order valence-corrected chi connectivity index (χ2v) is 7.86. The number of anilines is 1. The molecule has 2 aromatic carbocycles. The van der Waals surface area contributed by atoms with E-state index < -0.39 is 22.2 Å². The summed E-state index contributed by atoms with van der Waals surface area (Å²) in [4.78, 5) is 8.80. The molecule has 0 radical (unpaired) electrons. The van der Waals surface area contributed by atoms with Crippen LogP contribution in [0.3, 0.4) is 0 Å². The number of guanidine groups is 1. The lowest BCUT2D eigenvalue weighted by molar-refractivity contribution is -0.192. The first-order valence-electron chi connectivity index (χ1n) is 7.68. The van der Waals surface area contributed by atoms with Crippen LogP contribution in [0.4, 0.5) is 18.9 Å². The molecule has 0 saturated heterocycles. The summed E-state index contributed by atoms with van der Waals surface area (Å²) in [6.45, 7) is 0.308. The lowest BCUT2D eigenvalue weighted by atomic mass is 10.2.